The number of nitrogens with two attached hydrogens (primary N) is 2. The SMILES string of the molecule is Cc1cc(N)ccc1C(=O)N(C)CC(N)=O. The molecule has 16 heavy (non-hydrogen) atoms. The number of primary amides is 1. The van der Waals surface area contributed by atoms with Crippen LogP contribution < -0.4 is 11.5 Å². The van der Waals surface area contributed by atoms with Crippen LogP contribution in [0.2, 0.25) is 0 Å². The van der Waals surface area contributed by atoms with Crippen LogP contribution in [0, 0.1) is 6.92 Å². The molecule has 0 saturated carbocycles. The molecule has 0 heterocycles. The Bertz CT molecular complexity index is 429. The van der Waals surface area contributed by atoms with Crippen LogP contribution in [0.25, 0.3) is 0 Å². The minimum absolute atomic E-state index is 0.0946. The monoisotopic (exact) mass is 221 g/mol. The molecule has 0 aliphatic rings. The average Bonchev–Trinajstić information content (AvgIpc) is 2.15. The molecule has 0 spiro atoms. The molecular weight excluding hydrogens is 206 g/mol. The summed E-state index contributed by atoms with van der Waals surface area (Å²) in [4.78, 5) is 23.9. The molecule has 0 atom stereocenters. The van der Waals surface area contributed by atoms with Gasteiger partial charge in [-0.15, -0.1) is 0 Å². The molecule has 0 saturated heterocycles. The Balaban J connectivity index is 2.92. The molecule has 0 bridgehead atoms. The first-order valence-corrected chi connectivity index (χ1v) is 4.81. The number of carbonyl (C=O) groups is 2. The lowest BCUT2D eigenvalue weighted by molar-refractivity contribution is -0.118. The minimum atomic E-state index is -0.538. The molecule has 0 aliphatic heterocycles. The summed E-state index contributed by atoms with van der Waals surface area (Å²) in [7, 11) is 1.53. The zero-order chi connectivity index (χ0) is 12.3. The predicted molar refractivity (Wildman–Crippen MR) is 61.7 cm³/mol. The molecule has 0 unspecified atom stereocenters. The van der Waals surface area contributed by atoms with Crippen molar-refractivity contribution in [1.82, 2.24) is 4.90 Å². The van der Waals surface area contributed by atoms with Crippen LogP contribution in [0.1, 0.15) is 15.9 Å². The van der Waals surface area contributed by atoms with Gasteiger partial charge in [0.15, 0.2) is 0 Å². The minimum Gasteiger partial charge on any atom is -0.399 e. The third-order valence-electron chi connectivity index (χ3n) is 2.22. The first-order chi connectivity index (χ1) is 7.41. The second kappa shape index (κ2) is 4.65. The van der Waals surface area contributed by atoms with Gasteiger partial charge in [0, 0.05) is 18.3 Å². The Hall–Kier alpha value is -2.04. The van der Waals surface area contributed by atoms with Crippen molar-refractivity contribution >= 4 is 17.5 Å². The normalized spacial score (nSPS) is 9.88. The summed E-state index contributed by atoms with van der Waals surface area (Å²) >= 11 is 0. The maximum atomic E-state index is 11.9. The number of anilines is 1. The summed E-state index contributed by atoms with van der Waals surface area (Å²) in [6.07, 6.45) is 0. The largest absolute Gasteiger partial charge is 0.399 e. The van der Waals surface area contributed by atoms with E-state index in [9.17, 15) is 9.59 Å². The number of nitrogens with zero attached hydrogens (tertiary/aromatic N) is 1. The van der Waals surface area contributed by atoms with Gasteiger partial charge in [0.1, 0.15) is 0 Å². The van der Waals surface area contributed by atoms with Crippen LogP contribution in [-0.2, 0) is 4.79 Å². The molecule has 1 aromatic rings. The predicted octanol–water partition coefficient (Wildman–Crippen LogP) is 0.135. The van der Waals surface area contributed by atoms with Crippen LogP contribution in [0.3, 0.4) is 0 Å². The average molecular weight is 221 g/mol. The van der Waals surface area contributed by atoms with E-state index in [4.69, 9.17) is 11.5 Å². The fourth-order valence-corrected chi connectivity index (χ4v) is 1.44. The van der Waals surface area contributed by atoms with Crippen molar-refractivity contribution in [3.63, 3.8) is 0 Å². The van der Waals surface area contributed by atoms with E-state index in [-0.39, 0.29) is 12.5 Å². The number of carbonyl (C=O) groups excluding carboxylic acids is 2. The first-order valence-electron chi connectivity index (χ1n) is 4.81. The van der Waals surface area contributed by atoms with Gasteiger partial charge in [-0.05, 0) is 30.7 Å². The lowest BCUT2D eigenvalue weighted by Gasteiger charge is -2.16. The Kier molecular flexibility index (Phi) is 3.50. The smallest absolute Gasteiger partial charge is 0.254 e. The van der Waals surface area contributed by atoms with Crippen molar-refractivity contribution < 1.29 is 9.59 Å². The third kappa shape index (κ3) is 2.73. The molecule has 0 radical (unpaired) electrons. The van der Waals surface area contributed by atoms with E-state index in [0.29, 0.717) is 11.3 Å². The van der Waals surface area contributed by atoms with Gasteiger partial charge in [0.25, 0.3) is 5.91 Å². The van der Waals surface area contributed by atoms with Gasteiger partial charge in [-0.3, -0.25) is 9.59 Å². The standard InChI is InChI=1S/C11H15N3O2/c1-7-5-8(12)3-4-9(7)11(16)14(2)6-10(13)15/h3-5H,6,12H2,1-2H3,(H2,13,15). The Morgan fingerprint density at radius 1 is 1.38 bits per heavy atom. The van der Waals surface area contributed by atoms with E-state index in [1.807, 2.05) is 0 Å². The van der Waals surface area contributed by atoms with Crippen molar-refractivity contribution in [3.05, 3.63) is 29.3 Å². The summed E-state index contributed by atoms with van der Waals surface area (Å²) in [6.45, 7) is 1.70. The molecule has 2 amide bonds. The molecule has 5 nitrogen and oxygen atoms in total. The van der Waals surface area contributed by atoms with Crippen molar-refractivity contribution in [3.8, 4) is 0 Å². The zero-order valence-corrected chi connectivity index (χ0v) is 9.36. The summed E-state index contributed by atoms with van der Waals surface area (Å²) < 4.78 is 0. The number of likely N-dealkylation sites (N-methyl/N-ethyl adjacent to an activating group) is 1. The lowest BCUT2D eigenvalue weighted by Crippen LogP contribution is -2.35. The summed E-state index contributed by atoms with van der Waals surface area (Å²) in [5.74, 6) is -0.778. The van der Waals surface area contributed by atoms with Gasteiger partial charge in [0.05, 0.1) is 6.54 Å². The molecule has 5 heteroatoms. The number of hydrogen-bond donors (Lipinski definition) is 2. The van der Waals surface area contributed by atoms with Crippen molar-refractivity contribution in [2.45, 2.75) is 6.92 Å². The molecular formula is C11H15N3O2. The summed E-state index contributed by atoms with van der Waals surface area (Å²) in [5, 5.41) is 0. The maximum Gasteiger partial charge on any atom is 0.254 e. The third-order valence-corrected chi connectivity index (χ3v) is 2.22. The summed E-state index contributed by atoms with van der Waals surface area (Å²) in [6, 6.07) is 5.01. The van der Waals surface area contributed by atoms with Gasteiger partial charge in [-0.2, -0.15) is 0 Å². The number of rotatable bonds is 3. The fourth-order valence-electron chi connectivity index (χ4n) is 1.44. The van der Waals surface area contributed by atoms with Crippen LogP contribution >= 0.6 is 0 Å². The summed E-state index contributed by atoms with van der Waals surface area (Å²) in [5.41, 5.74) is 12.5. The number of amides is 2. The molecule has 4 N–H and O–H groups in total. The van der Waals surface area contributed by atoms with Crippen molar-refractivity contribution in [2.24, 2.45) is 5.73 Å². The van der Waals surface area contributed by atoms with Crippen molar-refractivity contribution in [1.29, 1.82) is 0 Å². The molecule has 0 aliphatic carbocycles. The number of hydrogen-bond acceptors (Lipinski definition) is 3. The van der Waals surface area contributed by atoms with E-state index < -0.39 is 5.91 Å². The van der Waals surface area contributed by atoms with Crippen LogP contribution in [-0.4, -0.2) is 30.3 Å². The topological polar surface area (TPSA) is 89.4 Å². The van der Waals surface area contributed by atoms with Gasteiger partial charge in [0.2, 0.25) is 5.91 Å². The van der Waals surface area contributed by atoms with E-state index >= 15 is 0 Å². The highest BCUT2D eigenvalue weighted by atomic mass is 16.2. The Morgan fingerprint density at radius 3 is 2.50 bits per heavy atom. The molecule has 0 fully saturated rings. The van der Waals surface area contributed by atoms with E-state index in [0.717, 1.165) is 5.56 Å². The second-order valence-electron chi connectivity index (χ2n) is 3.70. The highest BCUT2D eigenvalue weighted by Crippen LogP contribution is 2.14. The highest BCUT2D eigenvalue weighted by molar-refractivity contribution is 5.97. The molecule has 1 rings (SSSR count). The fraction of sp³-hybridized carbons (Fsp3) is 0.273. The highest BCUT2D eigenvalue weighted by Gasteiger charge is 2.15. The quantitative estimate of drug-likeness (QED) is 0.711. The van der Waals surface area contributed by atoms with E-state index in [1.54, 1.807) is 25.1 Å². The first kappa shape index (κ1) is 12.0. The Labute approximate surface area is 94.0 Å². The van der Waals surface area contributed by atoms with Gasteiger partial charge in [-0.25, -0.2) is 0 Å². The lowest BCUT2D eigenvalue weighted by atomic mass is 10.1. The molecule has 0 aromatic heterocycles. The van der Waals surface area contributed by atoms with E-state index in [1.165, 1.54) is 11.9 Å². The van der Waals surface area contributed by atoms with Crippen LogP contribution in [0.4, 0.5) is 5.69 Å². The van der Waals surface area contributed by atoms with Gasteiger partial charge >= 0.3 is 0 Å². The number of nitrogen functional groups attached to an aromatic ring is 1. The van der Waals surface area contributed by atoms with Crippen LogP contribution in [0.5, 0.6) is 0 Å². The van der Waals surface area contributed by atoms with Gasteiger partial charge < -0.3 is 16.4 Å². The second-order valence-corrected chi connectivity index (χ2v) is 3.70. The maximum absolute atomic E-state index is 11.9. The Morgan fingerprint density at radius 2 is 2.00 bits per heavy atom. The number of aryl methyl sites for hydroxylation is 1. The molecule has 86 valence electrons. The van der Waals surface area contributed by atoms with E-state index in [2.05, 4.69) is 0 Å². The van der Waals surface area contributed by atoms with Crippen LogP contribution in [0.15, 0.2) is 18.2 Å². The van der Waals surface area contributed by atoms with Gasteiger partial charge in [-0.1, -0.05) is 0 Å². The van der Waals surface area contributed by atoms with Crippen molar-refractivity contribution in [2.75, 3.05) is 19.3 Å². The zero-order valence-electron chi connectivity index (χ0n) is 9.36. The number of benzene rings is 1. The molecule has 1 aromatic carbocycles.